The van der Waals surface area contributed by atoms with Gasteiger partial charge in [-0.1, -0.05) is 12.1 Å². The van der Waals surface area contributed by atoms with Crippen molar-refractivity contribution in [1.82, 2.24) is 4.98 Å². The molecule has 5 heteroatoms. The number of ether oxygens (including phenoxy) is 2. The molecule has 0 saturated heterocycles. The molecule has 1 heterocycles. The number of hydrogen-bond acceptors (Lipinski definition) is 5. The van der Waals surface area contributed by atoms with Crippen LogP contribution >= 0.6 is 0 Å². The number of benzene rings is 1. The van der Waals surface area contributed by atoms with Crippen LogP contribution in [0.4, 0.5) is 5.69 Å². The van der Waals surface area contributed by atoms with Crippen LogP contribution in [0.25, 0.3) is 0 Å². The SMILES string of the molecule is COC(=O)c1cc(Oc2c(C)cccc2N)ccn1. The Morgan fingerprint density at radius 2 is 2.11 bits per heavy atom. The van der Waals surface area contributed by atoms with Crippen molar-refractivity contribution in [3.05, 3.63) is 47.8 Å². The van der Waals surface area contributed by atoms with Gasteiger partial charge in [0.15, 0.2) is 11.4 Å². The van der Waals surface area contributed by atoms with Crippen LogP contribution in [0.2, 0.25) is 0 Å². The summed E-state index contributed by atoms with van der Waals surface area (Å²) in [6.45, 7) is 1.90. The molecule has 0 atom stereocenters. The number of para-hydroxylation sites is 1. The van der Waals surface area contributed by atoms with Gasteiger partial charge in [0.25, 0.3) is 0 Å². The monoisotopic (exact) mass is 258 g/mol. The molecule has 2 aromatic rings. The second-order valence-corrected chi connectivity index (χ2v) is 3.96. The van der Waals surface area contributed by atoms with Gasteiger partial charge >= 0.3 is 5.97 Å². The molecule has 2 N–H and O–H groups in total. The molecule has 98 valence electrons. The standard InChI is InChI=1S/C14H14N2O3/c1-9-4-3-5-11(15)13(9)19-10-6-7-16-12(8-10)14(17)18-2/h3-8H,15H2,1-2H3. The van der Waals surface area contributed by atoms with Crippen molar-refractivity contribution in [1.29, 1.82) is 0 Å². The first-order chi connectivity index (χ1) is 9.11. The molecule has 0 bridgehead atoms. The Morgan fingerprint density at radius 1 is 1.32 bits per heavy atom. The molecular formula is C14H14N2O3. The summed E-state index contributed by atoms with van der Waals surface area (Å²) >= 11 is 0. The van der Waals surface area contributed by atoms with Crippen LogP contribution in [-0.4, -0.2) is 18.1 Å². The first kappa shape index (κ1) is 12.9. The van der Waals surface area contributed by atoms with Crippen LogP contribution in [0.15, 0.2) is 36.5 Å². The number of aromatic nitrogens is 1. The van der Waals surface area contributed by atoms with Gasteiger partial charge in [0.1, 0.15) is 5.75 Å². The molecule has 0 aliphatic rings. The van der Waals surface area contributed by atoms with Crippen molar-refractivity contribution in [2.24, 2.45) is 0 Å². The lowest BCUT2D eigenvalue weighted by Gasteiger charge is -2.11. The van der Waals surface area contributed by atoms with Crippen LogP contribution < -0.4 is 10.5 Å². The van der Waals surface area contributed by atoms with E-state index in [-0.39, 0.29) is 5.69 Å². The van der Waals surface area contributed by atoms with Crippen molar-refractivity contribution >= 4 is 11.7 Å². The average Bonchev–Trinajstić information content (AvgIpc) is 2.42. The fourth-order valence-corrected chi connectivity index (χ4v) is 1.62. The predicted octanol–water partition coefficient (Wildman–Crippen LogP) is 2.55. The molecule has 19 heavy (non-hydrogen) atoms. The number of pyridine rings is 1. The van der Waals surface area contributed by atoms with Gasteiger partial charge in [-0.2, -0.15) is 0 Å². The van der Waals surface area contributed by atoms with Gasteiger partial charge in [0, 0.05) is 12.3 Å². The van der Waals surface area contributed by atoms with Gasteiger partial charge in [-0.25, -0.2) is 9.78 Å². The number of anilines is 1. The van der Waals surface area contributed by atoms with Crippen LogP contribution in [0.3, 0.4) is 0 Å². The minimum atomic E-state index is -0.511. The maximum Gasteiger partial charge on any atom is 0.356 e. The third kappa shape index (κ3) is 2.82. The van der Waals surface area contributed by atoms with Gasteiger partial charge in [-0.05, 0) is 24.6 Å². The first-order valence-electron chi connectivity index (χ1n) is 5.69. The Labute approximate surface area is 111 Å². The molecule has 2 rings (SSSR count). The van der Waals surface area contributed by atoms with E-state index in [9.17, 15) is 4.79 Å². The van der Waals surface area contributed by atoms with E-state index in [4.69, 9.17) is 10.5 Å². The maximum atomic E-state index is 11.4. The van der Waals surface area contributed by atoms with E-state index in [1.807, 2.05) is 19.1 Å². The number of carbonyl (C=O) groups excluding carboxylic acids is 1. The lowest BCUT2D eigenvalue weighted by atomic mass is 10.2. The molecule has 1 aromatic heterocycles. The van der Waals surface area contributed by atoms with Crippen molar-refractivity contribution in [2.75, 3.05) is 12.8 Å². The maximum absolute atomic E-state index is 11.4. The number of rotatable bonds is 3. The highest BCUT2D eigenvalue weighted by molar-refractivity contribution is 5.87. The predicted molar refractivity (Wildman–Crippen MR) is 71.2 cm³/mol. The van der Waals surface area contributed by atoms with Gasteiger partial charge in [0.05, 0.1) is 12.8 Å². The molecule has 0 fully saturated rings. The Hall–Kier alpha value is -2.56. The topological polar surface area (TPSA) is 74.4 Å². The Kier molecular flexibility index (Phi) is 3.66. The van der Waals surface area contributed by atoms with E-state index < -0.39 is 5.97 Å². The van der Waals surface area contributed by atoms with Gasteiger partial charge < -0.3 is 15.2 Å². The number of nitrogen functional groups attached to an aromatic ring is 1. The van der Waals surface area contributed by atoms with E-state index in [1.54, 1.807) is 12.1 Å². The summed E-state index contributed by atoms with van der Waals surface area (Å²) in [5, 5.41) is 0. The molecule has 0 spiro atoms. The average molecular weight is 258 g/mol. The Balaban J connectivity index is 2.31. The summed E-state index contributed by atoms with van der Waals surface area (Å²) in [6, 6.07) is 8.67. The zero-order valence-electron chi connectivity index (χ0n) is 10.7. The quantitative estimate of drug-likeness (QED) is 0.676. The number of hydrogen-bond donors (Lipinski definition) is 1. The molecule has 0 aliphatic carbocycles. The van der Waals surface area contributed by atoms with Gasteiger partial charge in [-0.3, -0.25) is 0 Å². The number of nitrogens with two attached hydrogens (primary N) is 1. The normalized spacial score (nSPS) is 10.0. The molecule has 5 nitrogen and oxygen atoms in total. The van der Waals surface area contributed by atoms with E-state index in [0.717, 1.165) is 5.56 Å². The van der Waals surface area contributed by atoms with Crippen LogP contribution in [0, 0.1) is 6.92 Å². The smallest absolute Gasteiger partial charge is 0.356 e. The fourth-order valence-electron chi connectivity index (χ4n) is 1.62. The largest absolute Gasteiger partial charge is 0.464 e. The van der Waals surface area contributed by atoms with Gasteiger partial charge in [-0.15, -0.1) is 0 Å². The number of carbonyl (C=O) groups is 1. The summed E-state index contributed by atoms with van der Waals surface area (Å²) in [6.07, 6.45) is 1.48. The van der Waals surface area contributed by atoms with Crippen molar-refractivity contribution in [2.45, 2.75) is 6.92 Å². The van der Waals surface area contributed by atoms with Crippen LogP contribution in [-0.2, 0) is 4.74 Å². The van der Waals surface area contributed by atoms with Crippen molar-refractivity contribution in [3.63, 3.8) is 0 Å². The zero-order valence-corrected chi connectivity index (χ0v) is 10.7. The van der Waals surface area contributed by atoms with Crippen LogP contribution in [0.1, 0.15) is 16.1 Å². The molecule has 0 unspecified atom stereocenters. The lowest BCUT2D eigenvalue weighted by Crippen LogP contribution is -2.04. The second-order valence-electron chi connectivity index (χ2n) is 3.96. The molecular weight excluding hydrogens is 244 g/mol. The molecule has 1 aromatic carbocycles. The van der Waals surface area contributed by atoms with Crippen LogP contribution in [0.5, 0.6) is 11.5 Å². The zero-order chi connectivity index (χ0) is 13.8. The highest BCUT2D eigenvalue weighted by atomic mass is 16.5. The third-order valence-electron chi connectivity index (χ3n) is 2.59. The molecule has 0 saturated carbocycles. The summed E-state index contributed by atoms with van der Waals surface area (Å²) in [7, 11) is 1.30. The minimum absolute atomic E-state index is 0.187. The lowest BCUT2D eigenvalue weighted by molar-refractivity contribution is 0.0593. The summed E-state index contributed by atoms with van der Waals surface area (Å²) < 4.78 is 10.3. The number of methoxy groups -OCH3 is 1. The number of esters is 1. The minimum Gasteiger partial charge on any atom is -0.464 e. The summed E-state index contributed by atoms with van der Waals surface area (Å²) in [5.74, 6) is 0.545. The molecule has 0 amide bonds. The fraction of sp³-hybridized carbons (Fsp3) is 0.143. The van der Waals surface area contributed by atoms with E-state index in [0.29, 0.717) is 17.2 Å². The van der Waals surface area contributed by atoms with Crippen molar-refractivity contribution < 1.29 is 14.3 Å². The van der Waals surface area contributed by atoms with E-state index >= 15 is 0 Å². The van der Waals surface area contributed by atoms with E-state index in [1.165, 1.54) is 19.4 Å². The molecule has 0 radical (unpaired) electrons. The molecule has 0 aliphatic heterocycles. The van der Waals surface area contributed by atoms with Gasteiger partial charge in [0.2, 0.25) is 0 Å². The number of aryl methyl sites for hydroxylation is 1. The van der Waals surface area contributed by atoms with Crippen molar-refractivity contribution in [3.8, 4) is 11.5 Å². The second kappa shape index (κ2) is 5.39. The highest BCUT2D eigenvalue weighted by Crippen LogP contribution is 2.30. The summed E-state index contributed by atoms with van der Waals surface area (Å²) in [5.41, 5.74) is 7.50. The first-order valence-corrected chi connectivity index (χ1v) is 5.69. The Bertz CT molecular complexity index is 591. The summed E-state index contributed by atoms with van der Waals surface area (Å²) in [4.78, 5) is 15.3. The number of nitrogens with zero attached hydrogens (tertiary/aromatic N) is 1. The third-order valence-corrected chi connectivity index (χ3v) is 2.59. The highest BCUT2D eigenvalue weighted by Gasteiger charge is 2.10. The Morgan fingerprint density at radius 3 is 2.79 bits per heavy atom. The van der Waals surface area contributed by atoms with E-state index in [2.05, 4.69) is 9.72 Å².